The molecular weight excluding hydrogens is 314 g/mol. The maximum Gasteiger partial charge on any atom is 0.408 e. The molecule has 0 aromatic heterocycles. The van der Waals surface area contributed by atoms with Gasteiger partial charge in [-0.2, -0.15) is 0 Å². The van der Waals surface area contributed by atoms with E-state index in [2.05, 4.69) is 17.4 Å². The second-order valence-electron chi connectivity index (χ2n) is 9.37. The van der Waals surface area contributed by atoms with Crippen molar-refractivity contribution < 1.29 is 14.3 Å². The first-order valence-corrected chi connectivity index (χ1v) is 9.47. The number of nitrogens with one attached hydrogen (secondary N) is 1. The summed E-state index contributed by atoms with van der Waals surface area (Å²) in [6.07, 6.45) is 4.90. The SMILES string of the molecule is CC(C)(C)NC(=O)OC12CC3CC1CC(OCc1ccccc1)(C3)C2. The van der Waals surface area contributed by atoms with Crippen LogP contribution in [0.5, 0.6) is 0 Å². The van der Waals surface area contributed by atoms with Gasteiger partial charge in [-0.05, 0) is 57.9 Å². The van der Waals surface area contributed by atoms with Gasteiger partial charge in [-0.3, -0.25) is 0 Å². The first-order valence-electron chi connectivity index (χ1n) is 9.47. The van der Waals surface area contributed by atoms with Crippen molar-refractivity contribution in [2.75, 3.05) is 0 Å². The fraction of sp³-hybridized carbons (Fsp3) is 0.667. The van der Waals surface area contributed by atoms with Crippen molar-refractivity contribution in [2.24, 2.45) is 11.8 Å². The Morgan fingerprint density at radius 2 is 1.96 bits per heavy atom. The lowest BCUT2D eigenvalue weighted by Crippen LogP contribution is -2.48. The third-order valence-electron chi connectivity index (χ3n) is 6.06. The van der Waals surface area contributed by atoms with Gasteiger partial charge in [0.2, 0.25) is 0 Å². The summed E-state index contributed by atoms with van der Waals surface area (Å²) in [6, 6.07) is 10.3. The fourth-order valence-corrected chi connectivity index (χ4v) is 5.40. The zero-order chi connectivity index (χ0) is 17.7. The van der Waals surface area contributed by atoms with Gasteiger partial charge in [0, 0.05) is 17.9 Å². The Kier molecular flexibility index (Phi) is 3.87. The first-order chi connectivity index (χ1) is 11.8. The van der Waals surface area contributed by atoms with E-state index >= 15 is 0 Å². The van der Waals surface area contributed by atoms with Crippen molar-refractivity contribution in [2.45, 2.75) is 76.2 Å². The zero-order valence-corrected chi connectivity index (χ0v) is 15.5. The lowest BCUT2D eigenvalue weighted by atomic mass is 9.77. The smallest absolute Gasteiger partial charge is 0.408 e. The van der Waals surface area contributed by atoms with Crippen molar-refractivity contribution in [3.05, 3.63) is 35.9 Å². The van der Waals surface area contributed by atoms with Crippen LogP contribution in [0.15, 0.2) is 30.3 Å². The van der Waals surface area contributed by atoms with Gasteiger partial charge in [-0.25, -0.2) is 4.79 Å². The molecule has 5 rings (SSSR count). The molecule has 136 valence electrons. The Balaban J connectivity index is 1.45. The molecule has 0 aliphatic heterocycles. The van der Waals surface area contributed by atoms with Crippen LogP contribution in [0, 0.1) is 11.8 Å². The van der Waals surface area contributed by atoms with E-state index in [9.17, 15) is 4.79 Å². The molecule has 1 aromatic rings. The Hall–Kier alpha value is -1.55. The highest BCUT2D eigenvalue weighted by Gasteiger charge is 2.67. The number of rotatable bonds is 4. The third kappa shape index (κ3) is 3.29. The van der Waals surface area contributed by atoms with Crippen molar-refractivity contribution in [3.63, 3.8) is 0 Å². The zero-order valence-electron chi connectivity index (χ0n) is 15.5. The molecule has 0 saturated heterocycles. The minimum Gasteiger partial charge on any atom is -0.443 e. The summed E-state index contributed by atoms with van der Waals surface area (Å²) < 4.78 is 12.5. The Morgan fingerprint density at radius 3 is 2.68 bits per heavy atom. The standard InChI is InChI=1S/C21H29NO3/c1-19(2,3)22-18(23)25-21-11-16-9-17(21)12-20(10-16,14-21)24-13-15-7-5-4-6-8-15/h4-8,16-17H,9-14H2,1-3H3,(H,22,23). The molecule has 4 unspecified atom stereocenters. The van der Waals surface area contributed by atoms with Gasteiger partial charge in [-0.1, -0.05) is 30.3 Å². The summed E-state index contributed by atoms with van der Waals surface area (Å²) in [5, 5.41) is 2.95. The molecule has 4 bridgehead atoms. The number of carbonyl (C=O) groups is 1. The summed E-state index contributed by atoms with van der Waals surface area (Å²) in [5.41, 5.74) is 0.517. The number of hydrogen-bond acceptors (Lipinski definition) is 3. The van der Waals surface area contributed by atoms with Crippen molar-refractivity contribution in [1.82, 2.24) is 5.32 Å². The van der Waals surface area contributed by atoms with Crippen LogP contribution in [0.3, 0.4) is 0 Å². The van der Waals surface area contributed by atoms with E-state index in [0.29, 0.717) is 18.4 Å². The second-order valence-corrected chi connectivity index (χ2v) is 9.37. The molecule has 25 heavy (non-hydrogen) atoms. The molecule has 4 aliphatic rings. The van der Waals surface area contributed by atoms with Gasteiger partial charge < -0.3 is 14.8 Å². The molecule has 4 fully saturated rings. The van der Waals surface area contributed by atoms with Crippen LogP contribution in [0.4, 0.5) is 4.79 Å². The van der Waals surface area contributed by atoms with Gasteiger partial charge in [0.15, 0.2) is 0 Å². The number of hydrogen-bond donors (Lipinski definition) is 1. The summed E-state index contributed by atoms with van der Waals surface area (Å²) in [5.74, 6) is 1.08. The lowest BCUT2D eigenvalue weighted by Gasteiger charge is -2.40. The Morgan fingerprint density at radius 1 is 1.20 bits per heavy atom. The van der Waals surface area contributed by atoms with E-state index in [1.54, 1.807) is 0 Å². The monoisotopic (exact) mass is 343 g/mol. The highest BCUT2D eigenvalue weighted by molar-refractivity contribution is 5.69. The number of carbonyl (C=O) groups excluding carboxylic acids is 1. The van der Waals surface area contributed by atoms with Crippen LogP contribution < -0.4 is 5.32 Å². The van der Waals surface area contributed by atoms with Crippen molar-refractivity contribution in [3.8, 4) is 0 Å². The summed E-state index contributed by atoms with van der Waals surface area (Å²) in [4.78, 5) is 12.4. The predicted molar refractivity (Wildman–Crippen MR) is 96.1 cm³/mol. The Labute approximate surface area is 150 Å². The molecule has 0 spiro atoms. The summed E-state index contributed by atoms with van der Waals surface area (Å²) in [6.45, 7) is 6.59. The van der Waals surface area contributed by atoms with E-state index in [1.165, 1.54) is 12.0 Å². The second kappa shape index (κ2) is 5.73. The van der Waals surface area contributed by atoms with Crippen molar-refractivity contribution in [1.29, 1.82) is 0 Å². The molecule has 4 nitrogen and oxygen atoms in total. The molecule has 4 heteroatoms. The molecular formula is C21H29NO3. The van der Waals surface area contributed by atoms with E-state index in [-0.39, 0.29) is 22.8 Å². The van der Waals surface area contributed by atoms with Gasteiger partial charge >= 0.3 is 6.09 Å². The maximum atomic E-state index is 12.4. The molecule has 1 amide bonds. The number of benzene rings is 1. The average molecular weight is 343 g/mol. The highest BCUT2D eigenvalue weighted by atomic mass is 16.6. The molecule has 4 saturated carbocycles. The maximum absolute atomic E-state index is 12.4. The van der Waals surface area contributed by atoms with E-state index in [1.807, 2.05) is 39.0 Å². The molecule has 0 heterocycles. The minimum atomic E-state index is -0.311. The predicted octanol–water partition coefficient (Wildman–Crippen LogP) is 4.43. The minimum absolute atomic E-state index is 0.107. The van der Waals surface area contributed by atoms with E-state index in [4.69, 9.17) is 9.47 Å². The van der Waals surface area contributed by atoms with Crippen LogP contribution >= 0.6 is 0 Å². The lowest BCUT2D eigenvalue weighted by molar-refractivity contribution is -0.109. The third-order valence-corrected chi connectivity index (χ3v) is 6.06. The number of amides is 1. The molecule has 4 aliphatic carbocycles. The number of alkyl carbamates (subject to hydrolysis) is 1. The molecule has 1 aromatic carbocycles. The molecule has 0 radical (unpaired) electrons. The van der Waals surface area contributed by atoms with E-state index < -0.39 is 0 Å². The van der Waals surface area contributed by atoms with Crippen LogP contribution in [0.1, 0.15) is 58.4 Å². The Bertz CT molecular complexity index is 653. The van der Waals surface area contributed by atoms with Gasteiger partial charge in [0.25, 0.3) is 0 Å². The fourth-order valence-electron chi connectivity index (χ4n) is 5.40. The molecule has 1 N–H and O–H groups in total. The van der Waals surface area contributed by atoms with Crippen LogP contribution in [0.2, 0.25) is 0 Å². The topological polar surface area (TPSA) is 47.6 Å². The van der Waals surface area contributed by atoms with Crippen molar-refractivity contribution >= 4 is 6.09 Å². The van der Waals surface area contributed by atoms with Gasteiger partial charge in [0.05, 0.1) is 12.2 Å². The largest absolute Gasteiger partial charge is 0.443 e. The number of ether oxygens (including phenoxy) is 2. The first kappa shape index (κ1) is 16.9. The average Bonchev–Trinajstić information content (AvgIpc) is 2.86. The quantitative estimate of drug-likeness (QED) is 0.880. The van der Waals surface area contributed by atoms with Gasteiger partial charge in [0.1, 0.15) is 5.60 Å². The molecule has 4 atom stereocenters. The van der Waals surface area contributed by atoms with Gasteiger partial charge in [-0.15, -0.1) is 0 Å². The summed E-state index contributed by atoms with van der Waals surface area (Å²) in [7, 11) is 0. The van der Waals surface area contributed by atoms with E-state index in [0.717, 1.165) is 25.7 Å². The highest BCUT2D eigenvalue weighted by Crippen LogP contribution is 2.65. The van der Waals surface area contributed by atoms with Crippen LogP contribution in [-0.4, -0.2) is 22.8 Å². The van der Waals surface area contributed by atoms with Crippen LogP contribution in [-0.2, 0) is 16.1 Å². The van der Waals surface area contributed by atoms with Crippen LogP contribution in [0.25, 0.3) is 0 Å². The summed E-state index contributed by atoms with van der Waals surface area (Å²) >= 11 is 0. The normalized spacial score (nSPS) is 35.8.